The molecule has 1 unspecified atom stereocenters. The molecule has 1 amide bonds. The fourth-order valence-electron chi connectivity index (χ4n) is 3.80. The molecule has 2 aromatic heterocycles. The van der Waals surface area contributed by atoms with Crippen LogP contribution in [0.25, 0.3) is 11.4 Å². The first-order valence-electron chi connectivity index (χ1n) is 10.1. The molecule has 0 bridgehead atoms. The summed E-state index contributed by atoms with van der Waals surface area (Å²) in [7, 11) is 3.20. The maximum Gasteiger partial charge on any atom is 0.254 e. The number of aromatic amines is 1. The highest BCUT2D eigenvalue weighted by Gasteiger charge is 2.36. The van der Waals surface area contributed by atoms with Gasteiger partial charge in [0.25, 0.3) is 5.91 Å². The van der Waals surface area contributed by atoms with Gasteiger partial charge in [0.15, 0.2) is 0 Å². The van der Waals surface area contributed by atoms with Gasteiger partial charge in [-0.3, -0.25) is 4.79 Å². The normalized spacial score (nSPS) is 15.3. The quantitative estimate of drug-likeness (QED) is 0.516. The molecule has 1 aliphatic heterocycles. The third-order valence-corrected chi connectivity index (χ3v) is 5.57. The predicted octanol–water partition coefficient (Wildman–Crippen LogP) is 3.42. The Kier molecular flexibility index (Phi) is 5.06. The van der Waals surface area contributed by atoms with Crippen molar-refractivity contribution in [3.63, 3.8) is 0 Å². The minimum atomic E-state index is -0.431. The van der Waals surface area contributed by atoms with Crippen LogP contribution >= 0.6 is 0 Å². The van der Waals surface area contributed by atoms with Gasteiger partial charge in [-0.2, -0.15) is 4.98 Å². The van der Waals surface area contributed by atoms with Crippen molar-refractivity contribution in [3.05, 3.63) is 77.7 Å². The average molecular weight is 431 g/mol. The van der Waals surface area contributed by atoms with E-state index in [4.69, 9.17) is 14.0 Å². The molecular weight excluding hydrogens is 410 g/mol. The third-order valence-electron chi connectivity index (χ3n) is 5.57. The third kappa shape index (κ3) is 3.58. The van der Waals surface area contributed by atoms with E-state index in [-0.39, 0.29) is 5.91 Å². The molecule has 1 N–H and O–H groups in total. The maximum absolute atomic E-state index is 13.4. The zero-order valence-corrected chi connectivity index (χ0v) is 17.6. The molecule has 0 fully saturated rings. The monoisotopic (exact) mass is 431 g/mol. The van der Waals surface area contributed by atoms with E-state index < -0.39 is 6.04 Å². The van der Waals surface area contributed by atoms with Crippen molar-refractivity contribution in [2.75, 3.05) is 14.2 Å². The summed E-state index contributed by atoms with van der Waals surface area (Å²) >= 11 is 0. The lowest BCUT2D eigenvalue weighted by molar-refractivity contribution is 0.0589. The van der Waals surface area contributed by atoms with Crippen LogP contribution in [0.1, 0.15) is 33.7 Å². The van der Waals surface area contributed by atoms with Crippen LogP contribution in [0.4, 0.5) is 0 Å². The van der Waals surface area contributed by atoms with Crippen molar-refractivity contribution < 1.29 is 18.8 Å². The van der Waals surface area contributed by atoms with Gasteiger partial charge in [0, 0.05) is 17.5 Å². The molecule has 5 rings (SSSR count). The molecule has 32 heavy (non-hydrogen) atoms. The Bertz CT molecular complexity index is 1230. The standard InChI is InChI=1S/C23H21N5O4/c1-30-16-7-3-14(4-8-16)21-26-22(32-27-21)20-11-18-19(25-13-24-18)12-28(20)23(29)15-5-9-17(31-2)10-6-15/h3-10,13,20H,11-12H2,1-2H3,(H,24,25). The van der Waals surface area contributed by atoms with Gasteiger partial charge in [-0.25, -0.2) is 4.98 Å². The molecule has 162 valence electrons. The predicted molar refractivity (Wildman–Crippen MR) is 114 cm³/mol. The van der Waals surface area contributed by atoms with Gasteiger partial charge in [0.05, 0.1) is 38.5 Å². The summed E-state index contributed by atoms with van der Waals surface area (Å²) in [5.41, 5.74) is 3.13. The second-order valence-corrected chi connectivity index (χ2v) is 7.39. The summed E-state index contributed by atoms with van der Waals surface area (Å²) in [4.78, 5) is 27.3. The Morgan fingerprint density at radius 1 is 1.06 bits per heavy atom. The van der Waals surface area contributed by atoms with Crippen molar-refractivity contribution in [2.24, 2.45) is 0 Å². The molecule has 0 saturated heterocycles. The lowest BCUT2D eigenvalue weighted by Gasteiger charge is -2.32. The lowest BCUT2D eigenvalue weighted by Crippen LogP contribution is -2.39. The van der Waals surface area contributed by atoms with Crippen LogP contribution in [0, 0.1) is 0 Å². The lowest BCUT2D eigenvalue weighted by atomic mass is 10.0. The first-order valence-corrected chi connectivity index (χ1v) is 10.1. The number of nitrogens with zero attached hydrogens (tertiary/aromatic N) is 4. The number of aromatic nitrogens is 4. The molecule has 1 atom stereocenters. The Hall–Kier alpha value is -4.14. The number of amides is 1. The number of fused-ring (bicyclic) bond motifs is 1. The molecule has 4 aromatic rings. The smallest absolute Gasteiger partial charge is 0.254 e. The number of carbonyl (C=O) groups excluding carboxylic acids is 1. The number of imidazole rings is 1. The fourth-order valence-corrected chi connectivity index (χ4v) is 3.80. The highest BCUT2D eigenvalue weighted by Crippen LogP contribution is 2.33. The van der Waals surface area contributed by atoms with Gasteiger partial charge in [0.2, 0.25) is 11.7 Å². The highest BCUT2D eigenvalue weighted by molar-refractivity contribution is 5.94. The summed E-state index contributed by atoms with van der Waals surface area (Å²) in [6.45, 7) is 0.366. The van der Waals surface area contributed by atoms with Crippen molar-refractivity contribution in [1.29, 1.82) is 0 Å². The Balaban J connectivity index is 1.47. The van der Waals surface area contributed by atoms with Gasteiger partial charge >= 0.3 is 0 Å². The van der Waals surface area contributed by atoms with E-state index >= 15 is 0 Å². The van der Waals surface area contributed by atoms with Crippen molar-refractivity contribution in [2.45, 2.75) is 19.0 Å². The summed E-state index contributed by atoms with van der Waals surface area (Å²) < 4.78 is 16.0. The number of hydrogen-bond donors (Lipinski definition) is 1. The van der Waals surface area contributed by atoms with E-state index in [1.54, 1.807) is 49.7 Å². The van der Waals surface area contributed by atoms with Crippen molar-refractivity contribution >= 4 is 5.91 Å². The second-order valence-electron chi connectivity index (χ2n) is 7.39. The van der Waals surface area contributed by atoms with Gasteiger partial charge in [-0.1, -0.05) is 5.16 Å². The molecule has 0 radical (unpaired) electrons. The minimum Gasteiger partial charge on any atom is -0.497 e. The first kappa shape index (κ1) is 19.8. The second kappa shape index (κ2) is 8.18. The number of H-pyrrole nitrogens is 1. The van der Waals surface area contributed by atoms with E-state index in [2.05, 4.69) is 20.1 Å². The van der Waals surface area contributed by atoms with E-state index in [1.165, 1.54) is 0 Å². The van der Waals surface area contributed by atoms with Gasteiger partial charge in [-0.15, -0.1) is 0 Å². The molecule has 9 heteroatoms. The Labute approximate surface area is 184 Å². The van der Waals surface area contributed by atoms with Crippen LogP contribution in [-0.4, -0.2) is 45.1 Å². The summed E-state index contributed by atoms with van der Waals surface area (Å²) in [5, 5.41) is 4.14. The molecule has 9 nitrogen and oxygen atoms in total. The Morgan fingerprint density at radius 2 is 1.75 bits per heavy atom. The molecule has 2 aromatic carbocycles. The SMILES string of the molecule is COc1ccc(C(=O)N2Cc3[nH]cnc3CC2c2nc(-c3ccc(OC)cc3)no2)cc1. The summed E-state index contributed by atoms with van der Waals surface area (Å²) in [6.07, 6.45) is 2.12. The number of carbonyl (C=O) groups is 1. The fraction of sp³-hybridized carbons (Fsp3) is 0.217. The summed E-state index contributed by atoms with van der Waals surface area (Å²) in [5.74, 6) is 2.11. The molecule has 0 aliphatic carbocycles. The maximum atomic E-state index is 13.4. The van der Waals surface area contributed by atoms with E-state index in [9.17, 15) is 4.79 Å². The summed E-state index contributed by atoms with van der Waals surface area (Å²) in [6, 6.07) is 14.0. The first-order chi connectivity index (χ1) is 15.7. The average Bonchev–Trinajstić information content (AvgIpc) is 3.52. The van der Waals surface area contributed by atoms with E-state index in [0.717, 1.165) is 22.7 Å². The zero-order chi connectivity index (χ0) is 22.1. The largest absolute Gasteiger partial charge is 0.497 e. The van der Waals surface area contributed by atoms with Crippen LogP contribution in [-0.2, 0) is 13.0 Å². The van der Waals surface area contributed by atoms with Gasteiger partial charge < -0.3 is 23.9 Å². The Morgan fingerprint density at radius 3 is 2.44 bits per heavy atom. The molecule has 1 aliphatic rings. The van der Waals surface area contributed by atoms with E-state index in [1.807, 2.05) is 24.3 Å². The van der Waals surface area contributed by atoms with Crippen molar-refractivity contribution in [1.82, 2.24) is 25.0 Å². The number of methoxy groups -OCH3 is 2. The van der Waals surface area contributed by atoms with Crippen LogP contribution in [0.2, 0.25) is 0 Å². The topological polar surface area (TPSA) is 106 Å². The number of nitrogens with one attached hydrogen (secondary N) is 1. The van der Waals surface area contributed by atoms with Gasteiger partial charge in [0.1, 0.15) is 17.5 Å². The zero-order valence-electron chi connectivity index (χ0n) is 17.6. The number of ether oxygens (including phenoxy) is 2. The molecular formula is C23H21N5O4. The number of benzene rings is 2. The van der Waals surface area contributed by atoms with E-state index in [0.29, 0.717) is 36.0 Å². The van der Waals surface area contributed by atoms with Crippen LogP contribution < -0.4 is 9.47 Å². The number of hydrogen-bond acceptors (Lipinski definition) is 7. The van der Waals surface area contributed by atoms with Crippen LogP contribution in [0.15, 0.2) is 59.4 Å². The molecule has 0 saturated carbocycles. The molecule has 0 spiro atoms. The van der Waals surface area contributed by atoms with Crippen molar-refractivity contribution in [3.8, 4) is 22.9 Å². The van der Waals surface area contributed by atoms with Crippen LogP contribution in [0.3, 0.4) is 0 Å². The highest BCUT2D eigenvalue weighted by atomic mass is 16.5. The minimum absolute atomic E-state index is 0.137. The number of rotatable bonds is 5. The van der Waals surface area contributed by atoms with Crippen LogP contribution in [0.5, 0.6) is 11.5 Å². The van der Waals surface area contributed by atoms with Gasteiger partial charge in [-0.05, 0) is 48.5 Å². The molecule has 3 heterocycles.